The maximum atomic E-state index is 11.8. The summed E-state index contributed by atoms with van der Waals surface area (Å²) in [5.41, 5.74) is 1.18. The largest absolute Gasteiger partial charge is 0.391 e. The lowest BCUT2D eigenvalue weighted by atomic mass is 9.93. The molecule has 5 heteroatoms. The van der Waals surface area contributed by atoms with E-state index < -0.39 is 6.10 Å². The molecule has 0 spiro atoms. The third-order valence-corrected chi connectivity index (χ3v) is 4.20. The van der Waals surface area contributed by atoms with Crippen LogP contribution >= 0.6 is 0 Å². The first-order valence-corrected chi connectivity index (χ1v) is 8.15. The summed E-state index contributed by atoms with van der Waals surface area (Å²) in [6.45, 7) is 1.52. The van der Waals surface area contributed by atoms with Crippen LogP contribution in [0.25, 0.3) is 0 Å². The Labute approximate surface area is 132 Å². The average Bonchev–Trinajstić information content (AvgIpc) is 2.54. The Bertz CT molecular complexity index is 452. The molecule has 0 bridgehead atoms. The molecule has 0 saturated heterocycles. The van der Waals surface area contributed by atoms with Gasteiger partial charge in [0.2, 0.25) is 0 Å². The van der Waals surface area contributed by atoms with Gasteiger partial charge < -0.3 is 20.6 Å². The number of urea groups is 1. The van der Waals surface area contributed by atoms with Crippen LogP contribution in [0.15, 0.2) is 30.3 Å². The van der Waals surface area contributed by atoms with Crippen molar-refractivity contribution in [1.29, 1.82) is 0 Å². The fourth-order valence-electron chi connectivity index (χ4n) is 2.83. The van der Waals surface area contributed by atoms with Gasteiger partial charge in [-0.2, -0.15) is 0 Å². The molecule has 22 heavy (non-hydrogen) atoms. The average molecular weight is 305 g/mol. The third kappa shape index (κ3) is 5.22. The summed E-state index contributed by atoms with van der Waals surface area (Å²) in [4.78, 5) is 14.0. The number of hydrogen-bond donors (Lipinski definition) is 3. The fraction of sp³-hybridized carbons (Fsp3) is 0.588. The van der Waals surface area contributed by atoms with E-state index in [1.165, 1.54) is 5.69 Å². The highest BCUT2D eigenvalue weighted by Gasteiger charge is 2.24. The van der Waals surface area contributed by atoms with Crippen LogP contribution in [0.5, 0.6) is 0 Å². The van der Waals surface area contributed by atoms with Crippen molar-refractivity contribution < 1.29 is 9.90 Å². The number of para-hydroxylation sites is 1. The zero-order valence-corrected chi connectivity index (χ0v) is 13.3. The van der Waals surface area contributed by atoms with Crippen molar-refractivity contribution in [3.05, 3.63) is 30.3 Å². The molecule has 1 fully saturated rings. The van der Waals surface area contributed by atoms with Gasteiger partial charge in [0.15, 0.2) is 0 Å². The smallest absolute Gasteiger partial charge is 0.315 e. The van der Waals surface area contributed by atoms with Crippen molar-refractivity contribution in [2.75, 3.05) is 25.0 Å². The first kappa shape index (κ1) is 16.6. The van der Waals surface area contributed by atoms with Gasteiger partial charge in [-0.15, -0.1) is 0 Å². The Morgan fingerprint density at radius 3 is 2.73 bits per heavy atom. The van der Waals surface area contributed by atoms with Gasteiger partial charge >= 0.3 is 6.03 Å². The van der Waals surface area contributed by atoms with Crippen LogP contribution in [-0.2, 0) is 0 Å². The van der Waals surface area contributed by atoms with Crippen LogP contribution in [0.1, 0.15) is 32.1 Å². The maximum Gasteiger partial charge on any atom is 0.315 e. The first-order chi connectivity index (χ1) is 10.7. The van der Waals surface area contributed by atoms with Crippen molar-refractivity contribution in [2.45, 2.75) is 44.2 Å². The number of anilines is 1. The van der Waals surface area contributed by atoms with Crippen molar-refractivity contribution in [2.24, 2.45) is 0 Å². The molecule has 2 amide bonds. The van der Waals surface area contributed by atoms with Gasteiger partial charge in [-0.3, -0.25) is 0 Å². The van der Waals surface area contributed by atoms with Gasteiger partial charge in [-0.05, 0) is 31.4 Å². The summed E-state index contributed by atoms with van der Waals surface area (Å²) in [7, 11) is 2.05. The van der Waals surface area contributed by atoms with Crippen molar-refractivity contribution in [3.63, 3.8) is 0 Å². The molecule has 1 aromatic carbocycles. The number of benzene rings is 1. The zero-order valence-electron chi connectivity index (χ0n) is 13.3. The molecule has 5 nitrogen and oxygen atoms in total. The minimum absolute atomic E-state index is 0.0965. The highest BCUT2D eigenvalue weighted by atomic mass is 16.3. The number of rotatable bonds is 6. The lowest BCUT2D eigenvalue weighted by Crippen LogP contribution is -2.49. The normalized spacial score (nSPS) is 21.2. The third-order valence-electron chi connectivity index (χ3n) is 4.20. The van der Waals surface area contributed by atoms with E-state index in [0.717, 1.165) is 38.6 Å². The SMILES string of the molecule is CN(CCCNC(=O)NC1CCCCC1O)c1ccccc1. The number of carbonyl (C=O) groups is 1. The van der Waals surface area contributed by atoms with Crippen LogP contribution in [0.4, 0.5) is 10.5 Å². The van der Waals surface area contributed by atoms with Crippen LogP contribution in [0.3, 0.4) is 0 Å². The van der Waals surface area contributed by atoms with E-state index in [9.17, 15) is 9.90 Å². The molecule has 1 aliphatic carbocycles. The molecule has 1 aromatic rings. The molecular formula is C17H27N3O2. The lowest BCUT2D eigenvalue weighted by molar-refractivity contribution is 0.0943. The van der Waals surface area contributed by atoms with Gasteiger partial charge in [-0.1, -0.05) is 31.0 Å². The number of aliphatic hydroxyl groups excluding tert-OH is 1. The second kappa shape index (κ2) is 8.63. The Hall–Kier alpha value is -1.75. The fourth-order valence-corrected chi connectivity index (χ4v) is 2.83. The van der Waals surface area contributed by atoms with E-state index in [1.807, 2.05) is 25.2 Å². The summed E-state index contributed by atoms with van der Waals surface area (Å²) >= 11 is 0. The summed E-state index contributed by atoms with van der Waals surface area (Å²) in [6.07, 6.45) is 4.25. The topological polar surface area (TPSA) is 64.6 Å². The number of aliphatic hydroxyl groups is 1. The standard InChI is InChI=1S/C17H27N3O2/c1-20(14-8-3-2-4-9-14)13-7-12-18-17(22)19-15-10-5-6-11-16(15)21/h2-4,8-9,15-16,21H,5-7,10-13H2,1H3,(H2,18,19,22). The van der Waals surface area contributed by atoms with Crippen molar-refractivity contribution in [1.82, 2.24) is 10.6 Å². The monoisotopic (exact) mass is 305 g/mol. The first-order valence-electron chi connectivity index (χ1n) is 8.15. The molecular weight excluding hydrogens is 278 g/mol. The molecule has 1 saturated carbocycles. The van der Waals surface area contributed by atoms with Crippen LogP contribution in [0, 0.1) is 0 Å². The van der Waals surface area contributed by atoms with Crippen LogP contribution in [-0.4, -0.2) is 43.4 Å². The summed E-state index contributed by atoms with van der Waals surface area (Å²) in [6, 6.07) is 9.92. The van der Waals surface area contributed by atoms with Gasteiger partial charge in [0.05, 0.1) is 12.1 Å². The summed E-state index contributed by atoms with van der Waals surface area (Å²) in [5, 5.41) is 15.6. The molecule has 0 heterocycles. The minimum atomic E-state index is -0.399. The summed E-state index contributed by atoms with van der Waals surface area (Å²) in [5.74, 6) is 0. The number of nitrogens with zero attached hydrogens (tertiary/aromatic N) is 1. The molecule has 0 radical (unpaired) electrons. The van der Waals surface area contributed by atoms with Gasteiger partial charge in [0.25, 0.3) is 0 Å². The Kier molecular flexibility index (Phi) is 6.52. The van der Waals surface area contributed by atoms with Crippen LogP contribution in [0.2, 0.25) is 0 Å². The second-order valence-electron chi connectivity index (χ2n) is 5.97. The number of hydrogen-bond acceptors (Lipinski definition) is 3. The van der Waals surface area contributed by atoms with Gasteiger partial charge in [0.1, 0.15) is 0 Å². The van der Waals surface area contributed by atoms with E-state index in [-0.39, 0.29) is 12.1 Å². The van der Waals surface area contributed by atoms with Gasteiger partial charge in [-0.25, -0.2) is 4.79 Å². The zero-order chi connectivity index (χ0) is 15.8. The molecule has 2 atom stereocenters. The highest BCUT2D eigenvalue weighted by molar-refractivity contribution is 5.74. The number of amides is 2. The van der Waals surface area contributed by atoms with Crippen molar-refractivity contribution in [3.8, 4) is 0 Å². The highest BCUT2D eigenvalue weighted by Crippen LogP contribution is 2.18. The minimum Gasteiger partial charge on any atom is -0.391 e. The van der Waals surface area contributed by atoms with E-state index >= 15 is 0 Å². The molecule has 0 aromatic heterocycles. The lowest BCUT2D eigenvalue weighted by Gasteiger charge is -2.28. The molecule has 2 rings (SSSR count). The second-order valence-corrected chi connectivity index (χ2v) is 5.97. The molecule has 0 aliphatic heterocycles. The molecule has 122 valence electrons. The summed E-state index contributed by atoms with van der Waals surface area (Å²) < 4.78 is 0. The van der Waals surface area contributed by atoms with Crippen LogP contribution < -0.4 is 15.5 Å². The Morgan fingerprint density at radius 1 is 1.27 bits per heavy atom. The predicted molar refractivity (Wildman–Crippen MR) is 89.1 cm³/mol. The van der Waals surface area contributed by atoms with E-state index in [0.29, 0.717) is 6.54 Å². The Morgan fingerprint density at radius 2 is 2.00 bits per heavy atom. The number of carbonyl (C=O) groups excluding carboxylic acids is 1. The predicted octanol–water partition coefficient (Wildman–Crippen LogP) is 2.12. The molecule has 3 N–H and O–H groups in total. The van der Waals surface area contributed by atoms with E-state index in [4.69, 9.17) is 0 Å². The molecule has 2 unspecified atom stereocenters. The van der Waals surface area contributed by atoms with E-state index in [1.54, 1.807) is 0 Å². The van der Waals surface area contributed by atoms with E-state index in [2.05, 4.69) is 27.7 Å². The maximum absolute atomic E-state index is 11.8. The van der Waals surface area contributed by atoms with Crippen molar-refractivity contribution >= 4 is 11.7 Å². The number of nitrogens with one attached hydrogen (secondary N) is 2. The van der Waals surface area contributed by atoms with Gasteiger partial charge in [0, 0.05) is 25.8 Å². The Balaban J connectivity index is 1.61. The molecule has 1 aliphatic rings. The quantitative estimate of drug-likeness (QED) is 0.705.